The molecule has 2 aromatic heterocycles. The van der Waals surface area contributed by atoms with Crippen LogP contribution in [-0.2, 0) is 16.6 Å². The first-order chi connectivity index (χ1) is 14.3. The van der Waals surface area contributed by atoms with E-state index in [0.29, 0.717) is 12.4 Å². The molecule has 3 aromatic rings. The van der Waals surface area contributed by atoms with Crippen molar-refractivity contribution in [2.75, 3.05) is 11.1 Å². The molecule has 0 aliphatic carbocycles. The standard InChI is InChI=1S/C21H28N6O2S/c1-5-10-30(28,29)24-12-17-6-8-19(9-7-17)25-21-22-11-16(4)20(26-21)18-13-23-27(14-18)15(2)3/h6-9,11,13-15,24H,5,10,12H2,1-4H3,(H,22,25,26). The number of benzene rings is 1. The lowest BCUT2D eigenvalue weighted by atomic mass is 10.1. The molecule has 2 N–H and O–H groups in total. The monoisotopic (exact) mass is 428 g/mol. The number of hydrogen-bond acceptors (Lipinski definition) is 6. The van der Waals surface area contributed by atoms with Crippen LogP contribution in [0.3, 0.4) is 0 Å². The Balaban J connectivity index is 1.70. The van der Waals surface area contributed by atoms with E-state index in [1.807, 2.05) is 55.2 Å². The third-order valence-electron chi connectivity index (χ3n) is 4.55. The van der Waals surface area contributed by atoms with Crippen molar-refractivity contribution in [1.29, 1.82) is 0 Å². The van der Waals surface area contributed by atoms with Gasteiger partial charge in [0.25, 0.3) is 0 Å². The van der Waals surface area contributed by atoms with E-state index in [-0.39, 0.29) is 18.3 Å². The number of nitrogens with zero attached hydrogens (tertiary/aromatic N) is 4. The number of aromatic nitrogens is 4. The van der Waals surface area contributed by atoms with Crippen molar-refractivity contribution in [3.8, 4) is 11.3 Å². The number of aryl methyl sites for hydroxylation is 1. The first kappa shape index (κ1) is 21.9. The second-order valence-corrected chi connectivity index (χ2v) is 9.42. The van der Waals surface area contributed by atoms with Crippen LogP contribution in [0, 0.1) is 6.92 Å². The van der Waals surface area contributed by atoms with Gasteiger partial charge < -0.3 is 5.32 Å². The Morgan fingerprint density at radius 3 is 2.50 bits per heavy atom. The summed E-state index contributed by atoms with van der Waals surface area (Å²) < 4.78 is 28.1. The van der Waals surface area contributed by atoms with Crippen LogP contribution in [0.15, 0.2) is 42.9 Å². The lowest BCUT2D eigenvalue weighted by Crippen LogP contribution is -2.25. The second-order valence-electron chi connectivity index (χ2n) is 7.49. The van der Waals surface area contributed by atoms with E-state index in [1.165, 1.54) is 0 Å². The van der Waals surface area contributed by atoms with Gasteiger partial charge in [-0.15, -0.1) is 0 Å². The Morgan fingerprint density at radius 1 is 1.13 bits per heavy atom. The highest BCUT2D eigenvalue weighted by Gasteiger charge is 2.11. The first-order valence-corrected chi connectivity index (χ1v) is 11.6. The molecule has 9 heteroatoms. The normalized spacial score (nSPS) is 11.8. The van der Waals surface area contributed by atoms with Gasteiger partial charge in [0.2, 0.25) is 16.0 Å². The zero-order valence-electron chi connectivity index (χ0n) is 17.8. The number of rotatable bonds is 9. The number of nitrogens with one attached hydrogen (secondary N) is 2. The molecule has 0 fully saturated rings. The second kappa shape index (κ2) is 9.36. The maximum absolute atomic E-state index is 11.8. The Labute approximate surface area is 177 Å². The summed E-state index contributed by atoms with van der Waals surface area (Å²) in [4.78, 5) is 9.03. The lowest BCUT2D eigenvalue weighted by Gasteiger charge is -2.10. The first-order valence-electron chi connectivity index (χ1n) is 9.99. The molecule has 0 amide bonds. The predicted octanol–water partition coefficient (Wildman–Crippen LogP) is 3.80. The summed E-state index contributed by atoms with van der Waals surface area (Å²) in [7, 11) is -3.22. The van der Waals surface area contributed by atoms with Crippen molar-refractivity contribution in [2.45, 2.75) is 46.7 Å². The maximum Gasteiger partial charge on any atom is 0.227 e. The highest BCUT2D eigenvalue weighted by molar-refractivity contribution is 7.89. The molecule has 1 aromatic carbocycles. The van der Waals surface area contributed by atoms with E-state index in [2.05, 4.69) is 39.0 Å². The van der Waals surface area contributed by atoms with Crippen molar-refractivity contribution in [1.82, 2.24) is 24.5 Å². The van der Waals surface area contributed by atoms with Crippen LogP contribution in [0.1, 0.15) is 44.4 Å². The summed E-state index contributed by atoms with van der Waals surface area (Å²) in [5.74, 6) is 0.625. The summed E-state index contributed by atoms with van der Waals surface area (Å²) in [6.07, 6.45) is 6.18. The molecule has 0 atom stereocenters. The molecule has 3 rings (SSSR count). The van der Waals surface area contributed by atoms with Crippen LogP contribution >= 0.6 is 0 Å². The van der Waals surface area contributed by atoms with Gasteiger partial charge in [-0.2, -0.15) is 5.10 Å². The summed E-state index contributed by atoms with van der Waals surface area (Å²) in [5.41, 5.74) is 4.45. The number of anilines is 2. The van der Waals surface area contributed by atoms with Crippen molar-refractivity contribution in [3.63, 3.8) is 0 Å². The third kappa shape index (κ3) is 5.64. The molecule has 0 bridgehead atoms. The summed E-state index contributed by atoms with van der Waals surface area (Å²) in [6, 6.07) is 7.78. The lowest BCUT2D eigenvalue weighted by molar-refractivity contribution is 0.532. The SMILES string of the molecule is CCCS(=O)(=O)NCc1ccc(Nc2ncc(C)c(-c3cnn(C(C)C)c3)n2)cc1. The number of sulfonamides is 1. The Kier molecular flexibility index (Phi) is 6.84. The topological polar surface area (TPSA) is 102 Å². The largest absolute Gasteiger partial charge is 0.324 e. The quantitative estimate of drug-likeness (QED) is 0.537. The minimum absolute atomic E-state index is 0.135. The van der Waals surface area contributed by atoms with Crippen LogP contribution < -0.4 is 10.0 Å². The van der Waals surface area contributed by atoms with Gasteiger partial charge in [-0.05, 0) is 50.5 Å². The van der Waals surface area contributed by atoms with Crippen LogP contribution in [0.5, 0.6) is 0 Å². The molecular formula is C21H28N6O2S. The van der Waals surface area contributed by atoms with Gasteiger partial charge >= 0.3 is 0 Å². The maximum atomic E-state index is 11.8. The average molecular weight is 429 g/mol. The van der Waals surface area contributed by atoms with E-state index >= 15 is 0 Å². The summed E-state index contributed by atoms with van der Waals surface area (Å²) >= 11 is 0. The molecule has 0 saturated heterocycles. The molecule has 0 saturated carbocycles. The highest BCUT2D eigenvalue weighted by atomic mass is 32.2. The molecule has 0 spiro atoms. The Morgan fingerprint density at radius 2 is 1.87 bits per heavy atom. The fourth-order valence-corrected chi connectivity index (χ4v) is 3.97. The van der Waals surface area contributed by atoms with Gasteiger partial charge in [0, 0.05) is 36.2 Å². The molecule has 0 radical (unpaired) electrons. The highest BCUT2D eigenvalue weighted by Crippen LogP contribution is 2.23. The van der Waals surface area contributed by atoms with Crippen molar-refractivity contribution >= 4 is 21.7 Å². The molecule has 0 unspecified atom stereocenters. The Hall–Kier alpha value is -2.78. The van der Waals surface area contributed by atoms with Crippen LogP contribution in [0.2, 0.25) is 0 Å². The zero-order chi connectivity index (χ0) is 21.7. The fraction of sp³-hybridized carbons (Fsp3) is 0.381. The van der Waals surface area contributed by atoms with Crippen LogP contribution in [-0.4, -0.2) is 33.9 Å². The summed E-state index contributed by atoms with van der Waals surface area (Å²) in [6.45, 7) is 8.24. The predicted molar refractivity (Wildman–Crippen MR) is 119 cm³/mol. The molecule has 2 heterocycles. The zero-order valence-corrected chi connectivity index (χ0v) is 18.6. The smallest absolute Gasteiger partial charge is 0.227 e. The van der Waals surface area contributed by atoms with Crippen molar-refractivity contribution in [2.24, 2.45) is 0 Å². The molecule has 8 nitrogen and oxygen atoms in total. The van der Waals surface area contributed by atoms with E-state index in [0.717, 1.165) is 28.1 Å². The molecule has 0 aliphatic heterocycles. The molecule has 30 heavy (non-hydrogen) atoms. The molecule has 160 valence electrons. The van der Waals surface area contributed by atoms with Gasteiger partial charge in [0.05, 0.1) is 17.6 Å². The van der Waals surface area contributed by atoms with E-state index in [4.69, 9.17) is 0 Å². The van der Waals surface area contributed by atoms with Crippen LogP contribution in [0.4, 0.5) is 11.6 Å². The van der Waals surface area contributed by atoms with Gasteiger partial charge in [-0.25, -0.2) is 23.1 Å². The van der Waals surface area contributed by atoms with E-state index < -0.39 is 10.0 Å². The minimum atomic E-state index is -3.22. The third-order valence-corrected chi connectivity index (χ3v) is 6.08. The van der Waals surface area contributed by atoms with Crippen LogP contribution in [0.25, 0.3) is 11.3 Å². The Bertz CT molecular complexity index is 1090. The van der Waals surface area contributed by atoms with Gasteiger partial charge in [0.1, 0.15) is 0 Å². The summed E-state index contributed by atoms with van der Waals surface area (Å²) in [5, 5.41) is 7.59. The van der Waals surface area contributed by atoms with E-state index in [1.54, 1.807) is 6.20 Å². The molecule has 0 aliphatic rings. The molecular weight excluding hydrogens is 400 g/mol. The van der Waals surface area contributed by atoms with Gasteiger partial charge in [-0.1, -0.05) is 19.1 Å². The van der Waals surface area contributed by atoms with Crippen molar-refractivity contribution in [3.05, 3.63) is 54.0 Å². The van der Waals surface area contributed by atoms with E-state index in [9.17, 15) is 8.42 Å². The van der Waals surface area contributed by atoms with Crippen molar-refractivity contribution < 1.29 is 8.42 Å². The number of hydrogen-bond donors (Lipinski definition) is 2. The fourth-order valence-electron chi connectivity index (χ4n) is 2.91. The van der Waals surface area contributed by atoms with Gasteiger partial charge in [-0.3, -0.25) is 4.68 Å². The van der Waals surface area contributed by atoms with Gasteiger partial charge in [0.15, 0.2) is 0 Å². The average Bonchev–Trinajstić information content (AvgIpc) is 3.19. The minimum Gasteiger partial charge on any atom is -0.324 e.